The Balaban J connectivity index is 1.82. The lowest BCUT2D eigenvalue weighted by Gasteiger charge is -2.18. The molecule has 0 fully saturated rings. The molecule has 0 amide bonds. The largest absolute Gasteiger partial charge is 0.392 e. The number of hydrogen-bond donors (Lipinski definition) is 1. The molecule has 1 heterocycles. The second kappa shape index (κ2) is 6.84. The molecule has 0 aliphatic rings. The predicted molar refractivity (Wildman–Crippen MR) is 83.6 cm³/mol. The Morgan fingerprint density at radius 3 is 2.42 bits per heavy atom. The molecule has 0 bridgehead atoms. The van der Waals surface area contributed by atoms with Gasteiger partial charge in [0.1, 0.15) is 11.6 Å². The standard InChI is InChI=1S/C17H16F2N4O/c1-11(16(24)9-12-7-13(18)10-14(19)8-12)17-20-21-22-23(17)15-5-3-2-4-6-15/h2-8,10-11,16,24H,9H2,1H3. The van der Waals surface area contributed by atoms with Crippen molar-refractivity contribution in [3.8, 4) is 5.69 Å². The Morgan fingerprint density at radius 2 is 1.75 bits per heavy atom. The van der Waals surface area contributed by atoms with Gasteiger partial charge in [-0.15, -0.1) is 5.10 Å². The number of aromatic nitrogens is 4. The Labute approximate surface area is 137 Å². The summed E-state index contributed by atoms with van der Waals surface area (Å²) in [7, 11) is 0. The van der Waals surface area contributed by atoms with Gasteiger partial charge in [-0.05, 0) is 46.7 Å². The molecule has 0 aliphatic carbocycles. The molecule has 1 N–H and O–H groups in total. The van der Waals surface area contributed by atoms with Crippen molar-refractivity contribution in [2.75, 3.05) is 0 Å². The molecule has 124 valence electrons. The molecule has 2 atom stereocenters. The molecule has 0 saturated heterocycles. The summed E-state index contributed by atoms with van der Waals surface area (Å²) in [5.74, 6) is -1.28. The second-order valence-corrected chi connectivity index (χ2v) is 5.62. The number of nitrogens with zero attached hydrogens (tertiary/aromatic N) is 4. The van der Waals surface area contributed by atoms with Crippen molar-refractivity contribution in [3.05, 3.63) is 71.6 Å². The zero-order valence-electron chi connectivity index (χ0n) is 13.0. The SMILES string of the molecule is CC(c1nnnn1-c1ccccc1)C(O)Cc1cc(F)cc(F)c1. The minimum Gasteiger partial charge on any atom is -0.392 e. The van der Waals surface area contributed by atoms with Gasteiger partial charge < -0.3 is 5.11 Å². The van der Waals surface area contributed by atoms with E-state index in [2.05, 4.69) is 15.5 Å². The fourth-order valence-corrected chi connectivity index (χ4v) is 2.55. The van der Waals surface area contributed by atoms with Gasteiger partial charge in [0.2, 0.25) is 0 Å². The molecule has 0 aliphatic heterocycles. The third kappa shape index (κ3) is 3.46. The van der Waals surface area contributed by atoms with Crippen LogP contribution in [0.15, 0.2) is 48.5 Å². The van der Waals surface area contributed by atoms with Crippen LogP contribution >= 0.6 is 0 Å². The van der Waals surface area contributed by atoms with Crippen LogP contribution < -0.4 is 0 Å². The average Bonchev–Trinajstić information content (AvgIpc) is 3.03. The lowest BCUT2D eigenvalue weighted by molar-refractivity contribution is 0.145. The number of halogens is 2. The number of hydrogen-bond acceptors (Lipinski definition) is 4. The fourth-order valence-electron chi connectivity index (χ4n) is 2.55. The molecule has 3 aromatic rings. The van der Waals surface area contributed by atoms with Crippen LogP contribution in [0.4, 0.5) is 8.78 Å². The van der Waals surface area contributed by atoms with Crippen LogP contribution in [0.25, 0.3) is 5.69 Å². The van der Waals surface area contributed by atoms with Gasteiger partial charge in [0.05, 0.1) is 11.8 Å². The summed E-state index contributed by atoms with van der Waals surface area (Å²) in [4.78, 5) is 0. The van der Waals surface area contributed by atoms with Crippen molar-refractivity contribution in [3.63, 3.8) is 0 Å². The summed E-state index contributed by atoms with van der Waals surface area (Å²) in [5.41, 5.74) is 1.15. The molecule has 0 spiro atoms. The highest BCUT2D eigenvalue weighted by molar-refractivity contribution is 5.31. The third-order valence-corrected chi connectivity index (χ3v) is 3.85. The summed E-state index contributed by atoms with van der Waals surface area (Å²) in [6.45, 7) is 1.77. The minimum atomic E-state index is -0.889. The molecule has 7 heteroatoms. The molecule has 3 rings (SSSR count). The van der Waals surface area contributed by atoms with Gasteiger partial charge in [0.15, 0.2) is 5.82 Å². The lowest BCUT2D eigenvalue weighted by Crippen LogP contribution is -2.22. The highest BCUT2D eigenvalue weighted by Gasteiger charge is 2.23. The van der Waals surface area contributed by atoms with Crippen molar-refractivity contribution in [1.29, 1.82) is 0 Å². The van der Waals surface area contributed by atoms with Gasteiger partial charge in [0.25, 0.3) is 0 Å². The number of benzene rings is 2. The monoisotopic (exact) mass is 330 g/mol. The lowest BCUT2D eigenvalue weighted by atomic mass is 9.96. The Bertz CT molecular complexity index is 802. The molecular formula is C17H16F2N4O. The zero-order chi connectivity index (χ0) is 17.1. The van der Waals surface area contributed by atoms with Gasteiger partial charge in [-0.3, -0.25) is 0 Å². The summed E-state index contributed by atoms with van der Waals surface area (Å²) in [6, 6.07) is 12.5. The van der Waals surface area contributed by atoms with Crippen LogP contribution in [-0.4, -0.2) is 31.4 Å². The molecule has 2 aromatic carbocycles. The number of para-hydroxylation sites is 1. The van der Waals surface area contributed by atoms with E-state index >= 15 is 0 Å². The maximum absolute atomic E-state index is 13.3. The van der Waals surface area contributed by atoms with E-state index in [4.69, 9.17) is 0 Å². The second-order valence-electron chi connectivity index (χ2n) is 5.62. The number of rotatable bonds is 5. The van der Waals surface area contributed by atoms with E-state index in [1.165, 1.54) is 12.1 Å². The maximum Gasteiger partial charge on any atom is 0.162 e. The Hall–Kier alpha value is -2.67. The topological polar surface area (TPSA) is 63.8 Å². The minimum absolute atomic E-state index is 0.0947. The molecule has 24 heavy (non-hydrogen) atoms. The van der Waals surface area contributed by atoms with E-state index in [0.29, 0.717) is 11.4 Å². The van der Waals surface area contributed by atoms with Crippen molar-refractivity contribution in [2.45, 2.75) is 25.4 Å². The zero-order valence-corrected chi connectivity index (χ0v) is 13.0. The molecule has 1 aromatic heterocycles. The highest BCUT2D eigenvalue weighted by atomic mass is 19.1. The van der Waals surface area contributed by atoms with Crippen LogP contribution in [0.2, 0.25) is 0 Å². The van der Waals surface area contributed by atoms with Crippen molar-refractivity contribution < 1.29 is 13.9 Å². The first kappa shape index (κ1) is 16.2. The molecule has 2 unspecified atom stereocenters. The fraction of sp³-hybridized carbons (Fsp3) is 0.235. The van der Waals surface area contributed by atoms with Crippen molar-refractivity contribution in [1.82, 2.24) is 20.2 Å². The highest BCUT2D eigenvalue weighted by Crippen LogP contribution is 2.22. The van der Waals surface area contributed by atoms with Gasteiger partial charge >= 0.3 is 0 Å². The number of aliphatic hydroxyl groups is 1. The predicted octanol–water partition coefficient (Wildman–Crippen LogP) is 2.65. The maximum atomic E-state index is 13.3. The van der Waals surface area contributed by atoms with E-state index in [1.54, 1.807) is 11.6 Å². The summed E-state index contributed by atoms with van der Waals surface area (Å²) < 4.78 is 28.1. The van der Waals surface area contributed by atoms with Crippen LogP contribution in [-0.2, 0) is 6.42 Å². The van der Waals surface area contributed by atoms with Gasteiger partial charge in [-0.1, -0.05) is 25.1 Å². The smallest absolute Gasteiger partial charge is 0.162 e. The first-order chi connectivity index (χ1) is 11.5. The Morgan fingerprint density at radius 1 is 1.08 bits per heavy atom. The van der Waals surface area contributed by atoms with Crippen molar-refractivity contribution >= 4 is 0 Å². The quantitative estimate of drug-likeness (QED) is 0.781. The van der Waals surface area contributed by atoms with Crippen molar-refractivity contribution in [2.24, 2.45) is 0 Å². The van der Waals surface area contributed by atoms with Gasteiger partial charge in [-0.25, -0.2) is 8.78 Å². The third-order valence-electron chi connectivity index (χ3n) is 3.85. The molecule has 0 saturated carbocycles. The number of aliphatic hydroxyl groups excluding tert-OH is 1. The van der Waals surface area contributed by atoms with Gasteiger partial charge in [0, 0.05) is 12.0 Å². The van der Waals surface area contributed by atoms with E-state index in [-0.39, 0.29) is 6.42 Å². The Kier molecular flexibility index (Phi) is 4.61. The molecular weight excluding hydrogens is 314 g/mol. The first-order valence-corrected chi connectivity index (χ1v) is 7.51. The van der Waals surface area contributed by atoms with E-state index in [1.807, 2.05) is 30.3 Å². The van der Waals surface area contributed by atoms with E-state index in [9.17, 15) is 13.9 Å². The summed E-state index contributed by atoms with van der Waals surface area (Å²) in [5, 5.41) is 22.0. The van der Waals surface area contributed by atoms with E-state index in [0.717, 1.165) is 11.8 Å². The molecule has 0 radical (unpaired) electrons. The normalized spacial score (nSPS) is 13.7. The molecule has 5 nitrogen and oxygen atoms in total. The van der Waals surface area contributed by atoms with Crippen LogP contribution in [0.3, 0.4) is 0 Å². The average molecular weight is 330 g/mol. The number of tetrazole rings is 1. The first-order valence-electron chi connectivity index (χ1n) is 7.51. The van der Waals surface area contributed by atoms with E-state index < -0.39 is 23.7 Å². The van der Waals surface area contributed by atoms with Crippen LogP contribution in [0.5, 0.6) is 0 Å². The van der Waals surface area contributed by atoms with Crippen LogP contribution in [0, 0.1) is 11.6 Å². The van der Waals surface area contributed by atoms with Crippen LogP contribution in [0.1, 0.15) is 24.2 Å². The summed E-state index contributed by atoms with van der Waals surface area (Å²) >= 11 is 0. The summed E-state index contributed by atoms with van der Waals surface area (Å²) in [6.07, 6.45) is -0.794. The van der Waals surface area contributed by atoms with Gasteiger partial charge in [-0.2, -0.15) is 4.68 Å².